The Kier molecular flexibility index (Phi) is 4.47. The lowest BCUT2D eigenvalue weighted by atomic mass is 9.83. The lowest BCUT2D eigenvalue weighted by Crippen LogP contribution is -2.38. The molecule has 0 saturated heterocycles. The smallest absolute Gasteiger partial charge is 0.335 e. The van der Waals surface area contributed by atoms with Crippen molar-refractivity contribution in [2.24, 2.45) is 5.73 Å². The van der Waals surface area contributed by atoms with Crippen LogP contribution in [0.15, 0.2) is 42.5 Å². The topological polar surface area (TPSA) is 66.6 Å². The Morgan fingerprint density at radius 2 is 2.00 bits per heavy atom. The molecule has 3 N–H and O–H groups in total. The number of nitrogens with two attached hydrogens (primary N) is 1. The van der Waals surface area contributed by atoms with Gasteiger partial charge in [-0.15, -0.1) is 0 Å². The van der Waals surface area contributed by atoms with Gasteiger partial charge in [-0.3, -0.25) is 0 Å². The van der Waals surface area contributed by atoms with Crippen molar-refractivity contribution in [3.8, 4) is 0 Å². The van der Waals surface area contributed by atoms with E-state index in [4.69, 9.17) is 10.8 Å². The van der Waals surface area contributed by atoms with Gasteiger partial charge in [0.25, 0.3) is 0 Å². The Hall–Kier alpha value is -2.33. The molecular formula is C23H28N2O2. The highest BCUT2D eigenvalue weighted by atomic mass is 16.4. The molecule has 4 nitrogen and oxygen atoms in total. The highest BCUT2D eigenvalue weighted by Crippen LogP contribution is 2.49. The quantitative estimate of drug-likeness (QED) is 0.844. The predicted molar refractivity (Wildman–Crippen MR) is 108 cm³/mol. The van der Waals surface area contributed by atoms with Gasteiger partial charge in [0.1, 0.15) is 0 Å². The van der Waals surface area contributed by atoms with Crippen LogP contribution in [0.5, 0.6) is 0 Å². The van der Waals surface area contributed by atoms with Crippen LogP contribution in [0.2, 0.25) is 0 Å². The number of rotatable bonds is 3. The van der Waals surface area contributed by atoms with Crippen molar-refractivity contribution in [3.05, 3.63) is 64.7 Å². The van der Waals surface area contributed by atoms with Crippen molar-refractivity contribution >= 4 is 11.7 Å². The van der Waals surface area contributed by atoms with E-state index in [0.717, 1.165) is 37.8 Å². The zero-order valence-electron chi connectivity index (χ0n) is 16.1. The van der Waals surface area contributed by atoms with E-state index in [-0.39, 0.29) is 5.54 Å². The average Bonchev–Trinajstić information content (AvgIpc) is 2.77. The molecule has 0 aromatic heterocycles. The first-order chi connectivity index (χ1) is 12.8. The number of hydrogen-bond acceptors (Lipinski definition) is 3. The summed E-state index contributed by atoms with van der Waals surface area (Å²) in [5.41, 5.74) is 12.0. The largest absolute Gasteiger partial charge is 0.478 e. The molecule has 142 valence electrons. The van der Waals surface area contributed by atoms with Crippen molar-refractivity contribution in [3.63, 3.8) is 0 Å². The summed E-state index contributed by atoms with van der Waals surface area (Å²) in [7, 11) is 0. The highest BCUT2D eigenvalue weighted by Gasteiger charge is 2.42. The number of aryl methyl sites for hydroxylation is 1. The Labute approximate surface area is 161 Å². The third-order valence-electron chi connectivity index (χ3n) is 6.24. The Balaban J connectivity index is 1.68. The molecule has 0 bridgehead atoms. The van der Waals surface area contributed by atoms with Crippen LogP contribution in [0.1, 0.15) is 65.6 Å². The summed E-state index contributed by atoms with van der Waals surface area (Å²) in [6, 6.07) is 14.5. The molecule has 0 spiro atoms. The highest BCUT2D eigenvalue weighted by molar-refractivity contribution is 5.87. The van der Waals surface area contributed by atoms with E-state index in [1.807, 2.05) is 12.1 Å². The molecular weight excluding hydrogens is 336 g/mol. The van der Waals surface area contributed by atoms with Gasteiger partial charge >= 0.3 is 5.97 Å². The second kappa shape index (κ2) is 6.68. The number of aromatic carboxylic acids is 1. The zero-order valence-corrected chi connectivity index (χ0v) is 16.1. The van der Waals surface area contributed by atoms with Crippen LogP contribution in [0, 0.1) is 6.92 Å². The van der Waals surface area contributed by atoms with Gasteiger partial charge in [0.2, 0.25) is 0 Å². The molecule has 1 saturated carbocycles. The van der Waals surface area contributed by atoms with Crippen LogP contribution in [-0.2, 0) is 6.54 Å². The molecule has 1 unspecified atom stereocenters. The van der Waals surface area contributed by atoms with Gasteiger partial charge in [0.05, 0.1) is 5.56 Å². The molecule has 3 atom stereocenters. The molecule has 27 heavy (non-hydrogen) atoms. The summed E-state index contributed by atoms with van der Waals surface area (Å²) in [6.07, 6.45) is 4.39. The van der Waals surface area contributed by atoms with Gasteiger partial charge in [-0.2, -0.15) is 0 Å². The molecule has 4 rings (SSSR count). The van der Waals surface area contributed by atoms with Crippen molar-refractivity contribution in [2.45, 2.75) is 63.6 Å². The lowest BCUT2D eigenvalue weighted by Gasteiger charge is -2.31. The number of carboxylic acid groups (broad SMARTS) is 1. The lowest BCUT2D eigenvalue weighted by molar-refractivity contribution is 0.0697. The molecule has 1 aliphatic carbocycles. The van der Waals surface area contributed by atoms with E-state index in [0.29, 0.717) is 17.5 Å². The van der Waals surface area contributed by atoms with Gasteiger partial charge in [-0.25, -0.2) is 4.79 Å². The second-order valence-corrected chi connectivity index (χ2v) is 8.62. The summed E-state index contributed by atoms with van der Waals surface area (Å²) in [6.45, 7) is 5.15. The first-order valence-corrected chi connectivity index (χ1v) is 9.82. The van der Waals surface area contributed by atoms with Gasteiger partial charge < -0.3 is 15.7 Å². The number of hydrogen-bond donors (Lipinski definition) is 2. The third-order valence-corrected chi connectivity index (χ3v) is 6.24. The third kappa shape index (κ3) is 3.46. The fourth-order valence-electron chi connectivity index (χ4n) is 4.91. The minimum absolute atomic E-state index is 0.112. The number of anilines is 1. The molecule has 1 fully saturated rings. The fraction of sp³-hybridized carbons (Fsp3) is 0.435. The van der Waals surface area contributed by atoms with Crippen LogP contribution < -0.4 is 10.6 Å². The molecule has 0 amide bonds. The standard InChI is InChI=1S/C23H28N2O2/c1-15-5-10-21-18(12-15)19-13-23(2,24)11-3-4-20(19)25(21)14-16-6-8-17(9-7-16)22(26)27/h5-10,12,19-20H,3-4,11,13-14,24H2,1-2H3,(H,26,27)/t19-,20+,23?/m1/s1. The van der Waals surface area contributed by atoms with Gasteiger partial charge in [-0.1, -0.05) is 29.8 Å². The van der Waals surface area contributed by atoms with Gasteiger partial charge in [0, 0.05) is 29.7 Å². The number of fused-ring (bicyclic) bond motifs is 3. The fourth-order valence-corrected chi connectivity index (χ4v) is 4.91. The first kappa shape index (κ1) is 18.1. The molecule has 0 radical (unpaired) electrons. The van der Waals surface area contributed by atoms with Crippen molar-refractivity contribution in [1.82, 2.24) is 0 Å². The maximum Gasteiger partial charge on any atom is 0.335 e. The average molecular weight is 364 g/mol. The van der Waals surface area contributed by atoms with Crippen LogP contribution >= 0.6 is 0 Å². The van der Waals surface area contributed by atoms with E-state index >= 15 is 0 Å². The minimum atomic E-state index is -0.880. The Morgan fingerprint density at radius 1 is 1.26 bits per heavy atom. The monoisotopic (exact) mass is 364 g/mol. The van der Waals surface area contributed by atoms with E-state index in [1.165, 1.54) is 16.8 Å². The molecule has 2 aliphatic rings. The summed E-state index contributed by atoms with van der Waals surface area (Å²) < 4.78 is 0. The van der Waals surface area contributed by atoms with Crippen LogP contribution in [0.25, 0.3) is 0 Å². The van der Waals surface area contributed by atoms with Crippen molar-refractivity contribution < 1.29 is 9.90 Å². The van der Waals surface area contributed by atoms with Crippen LogP contribution in [-0.4, -0.2) is 22.7 Å². The predicted octanol–water partition coefficient (Wildman–Crippen LogP) is 4.46. The van der Waals surface area contributed by atoms with Crippen molar-refractivity contribution in [1.29, 1.82) is 0 Å². The Bertz CT molecular complexity index is 857. The zero-order chi connectivity index (χ0) is 19.2. The second-order valence-electron chi connectivity index (χ2n) is 8.62. The molecule has 1 aliphatic heterocycles. The summed E-state index contributed by atoms with van der Waals surface area (Å²) in [5.74, 6) is -0.412. The van der Waals surface area contributed by atoms with Gasteiger partial charge in [-0.05, 0) is 68.9 Å². The van der Waals surface area contributed by atoms with Gasteiger partial charge in [0.15, 0.2) is 0 Å². The summed E-state index contributed by atoms with van der Waals surface area (Å²) in [4.78, 5) is 13.6. The Morgan fingerprint density at radius 3 is 2.70 bits per heavy atom. The molecule has 2 aromatic rings. The maximum atomic E-state index is 11.1. The first-order valence-electron chi connectivity index (χ1n) is 9.82. The molecule has 2 aromatic carbocycles. The summed E-state index contributed by atoms with van der Waals surface area (Å²) in [5, 5.41) is 9.13. The van der Waals surface area contributed by atoms with Crippen LogP contribution in [0.4, 0.5) is 5.69 Å². The SMILES string of the molecule is Cc1ccc2c(c1)[C@H]1CC(C)(N)CCC[C@@H]1N2Cc1ccc(C(=O)O)cc1. The minimum Gasteiger partial charge on any atom is -0.478 e. The number of nitrogens with zero attached hydrogens (tertiary/aromatic N) is 1. The van der Waals surface area contributed by atoms with Crippen LogP contribution in [0.3, 0.4) is 0 Å². The molecule has 4 heteroatoms. The number of carbonyl (C=O) groups is 1. The number of carboxylic acids is 1. The van der Waals surface area contributed by atoms with Crippen molar-refractivity contribution in [2.75, 3.05) is 4.90 Å². The van der Waals surface area contributed by atoms with E-state index in [1.54, 1.807) is 12.1 Å². The van der Waals surface area contributed by atoms with E-state index < -0.39 is 5.97 Å². The molecule has 1 heterocycles. The van der Waals surface area contributed by atoms with E-state index in [2.05, 4.69) is 36.9 Å². The maximum absolute atomic E-state index is 11.1. The normalized spacial score (nSPS) is 27.0. The summed E-state index contributed by atoms with van der Waals surface area (Å²) >= 11 is 0. The van der Waals surface area contributed by atoms with E-state index in [9.17, 15) is 4.79 Å². The number of benzene rings is 2.